The Hall–Kier alpha value is -1.71. The molecule has 0 fully saturated rings. The number of carbonyl (C=O) groups excluding carboxylic acids is 1. The molecule has 0 unspecified atom stereocenters. The molecule has 2 aromatic rings. The number of Topliss-reactive ketones (excluding diaryl/α,β-unsaturated/α-hetero) is 1. The molecule has 1 heterocycles. The summed E-state index contributed by atoms with van der Waals surface area (Å²) in [6.45, 7) is 1.35. The van der Waals surface area contributed by atoms with Crippen LogP contribution >= 0.6 is 0 Å². The lowest BCUT2D eigenvalue weighted by atomic mass is 10.2. The second-order valence-electron chi connectivity index (χ2n) is 2.70. The summed E-state index contributed by atoms with van der Waals surface area (Å²) >= 11 is 0. The number of halogens is 1. The molecule has 0 saturated heterocycles. The molecule has 0 aliphatic carbocycles. The van der Waals surface area contributed by atoms with E-state index in [1.54, 1.807) is 6.07 Å². The van der Waals surface area contributed by atoms with Crippen molar-refractivity contribution in [2.24, 2.45) is 0 Å². The van der Waals surface area contributed by atoms with Gasteiger partial charge in [0.1, 0.15) is 5.52 Å². The standard InChI is InChI=1S/C9H6FNO2/c1-5(12)9-6-3-2-4-7(10)8(6)11-13-9/h2-4H,1H3. The van der Waals surface area contributed by atoms with Crippen molar-refractivity contribution in [1.29, 1.82) is 0 Å². The molecule has 0 N–H and O–H groups in total. The van der Waals surface area contributed by atoms with Gasteiger partial charge in [0.05, 0.1) is 5.39 Å². The molecule has 0 amide bonds. The zero-order chi connectivity index (χ0) is 9.42. The minimum atomic E-state index is -0.478. The Morgan fingerprint density at radius 2 is 2.31 bits per heavy atom. The quantitative estimate of drug-likeness (QED) is 0.630. The summed E-state index contributed by atoms with van der Waals surface area (Å²) in [4.78, 5) is 11.0. The van der Waals surface area contributed by atoms with Crippen LogP contribution in [0.3, 0.4) is 0 Å². The molecule has 0 spiro atoms. The third kappa shape index (κ3) is 1.11. The van der Waals surface area contributed by atoms with E-state index < -0.39 is 5.82 Å². The smallest absolute Gasteiger partial charge is 0.210 e. The molecule has 0 radical (unpaired) electrons. The third-order valence-corrected chi connectivity index (χ3v) is 1.78. The van der Waals surface area contributed by atoms with Gasteiger partial charge in [0.25, 0.3) is 0 Å². The van der Waals surface area contributed by atoms with Gasteiger partial charge >= 0.3 is 0 Å². The van der Waals surface area contributed by atoms with E-state index in [-0.39, 0.29) is 17.1 Å². The van der Waals surface area contributed by atoms with Gasteiger partial charge in [-0.2, -0.15) is 0 Å². The van der Waals surface area contributed by atoms with Crippen molar-refractivity contribution in [3.63, 3.8) is 0 Å². The Morgan fingerprint density at radius 3 is 3.00 bits per heavy atom. The van der Waals surface area contributed by atoms with E-state index in [1.165, 1.54) is 19.1 Å². The van der Waals surface area contributed by atoms with E-state index in [0.717, 1.165) is 0 Å². The molecule has 1 aromatic carbocycles. The summed E-state index contributed by atoms with van der Waals surface area (Å²) in [5.41, 5.74) is 0.104. The Balaban J connectivity index is 2.83. The second-order valence-corrected chi connectivity index (χ2v) is 2.70. The van der Waals surface area contributed by atoms with Gasteiger partial charge in [-0.15, -0.1) is 0 Å². The first-order valence-corrected chi connectivity index (χ1v) is 3.75. The van der Waals surface area contributed by atoms with Gasteiger partial charge in [-0.1, -0.05) is 11.2 Å². The van der Waals surface area contributed by atoms with E-state index in [4.69, 9.17) is 4.52 Å². The number of fused-ring (bicyclic) bond motifs is 1. The SMILES string of the molecule is CC(=O)c1onc2c(F)cccc12. The molecule has 1 aromatic heterocycles. The number of nitrogens with zero attached hydrogens (tertiary/aromatic N) is 1. The number of ketones is 1. The van der Waals surface area contributed by atoms with Crippen LogP contribution in [0.1, 0.15) is 17.5 Å². The van der Waals surface area contributed by atoms with Crippen LogP contribution in [-0.2, 0) is 0 Å². The monoisotopic (exact) mass is 179 g/mol. The van der Waals surface area contributed by atoms with Crippen molar-refractivity contribution in [2.45, 2.75) is 6.92 Å². The molecule has 0 bridgehead atoms. The highest BCUT2D eigenvalue weighted by Gasteiger charge is 2.14. The summed E-state index contributed by atoms with van der Waals surface area (Å²) in [5, 5.41) is 3.89. The first-order chi connectivity index (χ1) is 6.20. The van der Waals surface area contributed by atoms with E-state index in [2.05, 4.69) is 5.16 Å². The Bertz CT molecular complexity index is 475. The largest absolute Gasteiger partial charge is 0.352 e. The maximum Gasteiger partial charge on any atom is 0.210 e. The van der Waals surface area contributed by atoms with Crippen molar-refractivity contribution < 1.29 is 13.7 Å². The summed E-state index contributed by atoms with van der Waals surface area (Å²) < 4.78 is 17.7. The Labute approximate surface area is 73.1 Å². The predicted molar refractivity (Wildman–Crippen MR) is 44.0 cm³/mol. The molecule has 66 valence electrons. The van der Waals surface area contributed by atoms with Gasteiger partial charge in [0.2, 0.25) is 5.76 Å². The maximum atomic E-state index is 13.0. The zero-order valence-corrected chi connectivity index (χ0v) is 6.87. The highest BCUT2D eigenvalue weighted by Crippen LogP contribution is 2.20. The number of benzene rings is 1. The van der Waals surface area contributed by atoms with Gasteiger partial charge < -0.3 is 4.52 Å². The lowest BCUT2D eigenvalue weighted by Crippen LogP contribution is -1.88. The van der Waals surface area contributed by atoms with Crippen LogP contribution in [0, 0.1) is 5.82 Å². The predicted octanol–water partition coefficient (Wildman–Crippen LogP) is 2.17. The van der Waals surface area contributed by atoms with Crippen molar-refractivity contribution in [1.82, 2.24) is 5.16 Å². The lowest BCUT2D eigenvalue weighted by Gasteiger charge is -1.88. The van der Waals surface area contributed by atoms with E-state index in [0.29, 0.717) is 5.39 Å². The van der Waals surface area contributed by atoms with Crippen LogP contribution in [0.25, 0.3) is 10.9 Å². The van der Waals surface area contributed by atoms with Crippen LogP contribution in [0.2, 0.25) is 0 Å². The molecule has 0 aliphatic heterocycles. The second kappa shape index (κ2) is 2.65. The van der Waals surface area contributed by atoms with Crippen molar-refractivity contribution in [3.05, 3.63) is 29.8 Å². The zero-order valence-electron chi connectivity index (χ0n) is 6.87. The van der Waals surface area contributed by atoms with Gasteiger partial charge in [-0.25, -0.2) is 4.39 Å². The average Bonchev–Trinajstić information content (AvgIpc) is 2.48. The summed E-state index contributed by atoms with van der Waals surface area (Å²) in [6, 6.07) is 4.39. The fraction of sp³-hybridized carbons (Fsp3) is 0.111. The van der Waals surface area contributed by atoms with Crippen molar-refractivity contribution in [2.75, 3.05) is 0 Å². The number of rotatable bonds is 1. The van der Waals surface area contributed by atoms with E-state index in [9.17, 15) is 9.18 Å². The summed E-state index contributed by atoms with van der Waals surface area (Å²) in [5.74, 6) is -0.628. The highest BCUT2D eigenvalue weighted by atomic mass is 19.1. The Kier molecular flexibility index (Phi) is 1.62. The minimum Gasteiger partial charge on any atom is -0.352 e. The fourth-order valence-corrected chi connectivity index (χ4v) is 1.19. The molecular weight excluding hydrogens is 173 g/mol. The molecule has 0 saturated carbocycles. The molecular formula is C9H6FNO2. The van der Waals surface area contributed by atoms with Gasteiger partial charge in [0, 0.05) is 6.92 Å². The molecule has 13 heavy (non-hydrogen) atoms. The molecule has 3 nitrogen and oxygen atoms in total. The number of hydrogen-bond donors (Lipinski definition) is 0. The molecule has 2 rings (SSSR count). The van der Waals surface area contributed by atoms with E-state index in [1.807, 2.05) is 0 Å². The molecule has 0 atom stereocenters. The number of carbonyl (C=O) groups is 1. The van der Waals surface area contributed by atoms with Crippen LogP contribution in [0.5, 0.6) is 0 Å². The summed E-state index contributed by atoms with van der Waals surface area (Å²) in [7, 11) is 0. The normalized spacial score (nSPS) is 10.6. The minimum absolute atomic E-state index is 0.104. The van der Waals surface area contributed by atoms with Crippen LogP contribution in [-0.4, -0.2) is 10.9 Å². The number of aromatic nitrogens is 1. The first kappa shape index (κ1) is 7.91. The van der Waals surface area contributed by atoms with Gasteiger partial charge in [0.15, 0.2) is 11.6 Å². The highest BCUT2D eigenvalue weighted by molar-refractivity contribution is 6.03. The number of hydrogen-bond acceptors (Lipinski definition) is 3. The third-order valence-electron chi connectivity index (χ3n) is 1.78. The Morgan fingerprint density at radius 1 is 1.54 bits per heavy atom. The van der Waals surface area contributed by atoms with Gasteiger partial charge in [-0.3, -0.25) is 4.79 Å². The fourth-order valence-electron chi connectivity index (χ4n) is 1.19. The van der Waals surface area contributed by atoms with Crippen molar-refractivity contribution >= 4 is 16.7 Å². The summed E-state index contributed by atoms with van der Waals surface area (Å²) in [6.07, 6.45) is 0. The average molecular weight is 179 g/mol. The van der Waals surface area contributed by atoms with Crippen LogP contribution < -0.4 is 0 Å². The molecule has 0 aliphatic rings. The van der Waals surface area contributed by atoms with Crippen LogP contribution in [0.15, 0.2) is 22.7 Å². The topological polar surface area (TPSA) is 43.1 Å². The van der Waals surface area contributed by atoms with Gasteiger partial charge in [-0.05, 0) is 12.1 Å². The van der Waals surface area contributed by atoms with Crippen LogP contribution in [0.4, 0.5) is 4.39 Å². The molecule has 4 heteroatoms. The van der Waals surface area contributed by atoms with E-state index >= 15 is 0 Å². The van der Waals surface area contributed by atoms with Crippen molar-refractivity contribution in [3.8, 4) is 0 Å². The first-order valence-electron chi connectivity index (χ1n) is 3.75. The maximum absolute atomic E-state index is 13.0. The lowest BCUT2D eigenvalue weighted by molar-refractivity contribution is 0.0981.